The van der Waals surface area contributed by atoms with Gasteiger partial charge in [-0.05, 0) is 30.3 Å². The first-order chi connectivity index (χ1) is 8.72. The van der Waals surface area contributed by atoms with E-state index in [-0.39, 0.29) is 6.04 Å². The van der Waals surface area contributed by atoms with Gasteiger partial charge in [0.1, 0.15) is 5.82 Å². The summed E-state index contributed by atoms with van der Waals surface area (Å²) in [6, 6.07) is 11.7. The maximum absolute atomic E-state index is 5.94. The predicted molar refractivity (Wildman–Crippen MR) is 75.6 cm³/mol. The van der Waals surface area contributed by atoms with E-state index in [9.17, 15) is 0 Å². The summed E-state index contributed by atoms with van der Waals surface area (Å²) in [5.74, 6) is 0.554. The summed E-state index contributed by atoms with van der Waals surface area (Å²) in [4.78, 5) is 4.14. The Morgan fingerprint density at radius 1 is 1.28 bits per heavy atom. The van der Waals surface area contributed by atoms with Gasteiger partial charge in [-0.15, -0.1) is 0 Å². The van der Waals surface area contributed by atoms with Gasteiger partial charge >= 0.3 is 0 Å². The van der Waals surface area contributed by atoms with Crippen molar-refractivity contribution < 1.29 is 0 Å². The Balaban J connectivity index is 2.40. The summed E-state index contributed by atoms with van der Waals surface area (Å²) in [6.45, 7) is 2.91. The number of rotatable bonds is 4. The van der Waals surface area contributed by atoms with Crippen LogP contribution in [0.5, 0.6) is 0 Å². The number of nitrogen functional groups attached to an aromatic ring is 1. The molecule has 1 unspecified atom stereocenters. The van der Waals surface area contributed by atoms with Gasteiger partial charge in [-0.3, -0.25) is 0 Å². The van der Waals surface area contributed by atoms with Crippen LogP contribution in [0.1, 0.15) is 24.1 Å². The molecule has 0 fully saturated rings. The molecule has 0 aliphatic heterocycles. The van der Waals surface area contributed by atoms with Gasteiger partial charge in [0.2, 0.25) is 0 Å². The molecule has 0 amide bonds. The fourth-order valence-electron chi connectivity index (χ4n) is 1.94. The lowest BCUT2D eigenvalue weighted by Gasteiger charge is -2.20. The molecule has 0 spiro atoms. The van der Waals surface area contributed by atoms with Gasteiger partial charge in [0.05, 0.1) is 6.04 Å². The molecule has 0 bridgehead atoms. The number of halogens is 1. The largest absolute Gasteiger partial charge is 0.383 e. The van der Waals surface area contributed by atoms with Gasteiger partial charge < -0.3 is 11.1 Å². The summed E-state index contributed by atoms with van der Waals surface area (Å²) in [6.07, 6.45) is 1.70. The summed E-state index contributed by atoms with van der Waals surface area (Å²) in [7, 11) is 0. The first kappa shape index (κ1) is 12.9. The first-order valence-electron chi connectivity index (χ1n) is 5.91. The van der Waals surface area contributed by atoms with Crippen LogP contribution < -0.4 is 11.1 Å². The lowest BCUT2D eigenvalue weighted by atomic mass is 9.99. The van der Waals surface area contributed by atoms with Crippen LogP contribution >= 0.6 is 11.6 Å². The molecule has 3 nitrogen and oxygen atoms in total. The molecular weight excluding hydrogens is 246 g/mol. The average molecular weight is 262 g/mol. The van der Waals surface area contributed by atoms with E-state index >= 15 is 0 Å². The van der Waals surface area contributed by atoms with E-state index in [1.165, 1.54) is 0 Å². The molecule has 94 valence electrons. The fourth-order valence-corrected chi connectivity index (χ4v) is 2.07. The third-order valence-corrected chi connectivity index (χ3v) is 3.05. The Morgan fingerprint density at radius 3 is 2.61 bits per heavy atom. The second kappa shape index (κ2) is 5.85. The number of aromatic nitrogens is 1. The van der Waals surface area contributed by atoms with Crippen molar-refractivity contribution in [1.29, 1.82) is 0 Å². The zero-order valence-electron chi connectivity index (χ0n) is 10.2. The average Bonchev–Trinajstić information content (AvgIpc) is 2.38. The summed E-state index contributed by atoms with van der Waals surface area (Å²) in [5, 5.41) is 4.14. The van der Waals surface area contributed by atoms with Gasteiger partial charge in [0.15, 0.2) is 0 Å². The van der Waals surface area contributed by atoms with E-state index in [0.29, 0.717) is 5.82 Å². The van der Waals surface area contributed by atoms with Crippen molar-refractivity contribution in [3.63, 3.8) is 0 Å². The highest BCUT2D eigenvalue weighted by Crippen LogP contribution is 2.26. The summed E-state index contributed by atoms with van der Waals surface area (Å²) >= 11 is 5.91. The molecule has 0 aliphatic carbocycles. The molecule has 1 aromatic carbocycles. The Morgan fingerprint density at radius 2 is 2.00 bits per heavy atom. The molecule has 18 heavy (non-hydrogen) atoms. The highest BCUT2D eigenvalue weighted by molar-refractivity contribution is 6.30. The van der Waals surface area contributed by atoms with E-state index < -0.39 is 0 Å². The third kappa shape index (κ3) is 2.81. The summed E-state index contributed by atoms with van der Waals surface area (Å²) in [5.41, 5.74) is 8.06. The Hall–Kier alpha value is -1.58. The smallest absolute Gasteiger partial charge is 0.128 e. The van der Waals surface area contributed by atoms with Crippen LogP contribution in [-0.2, 0) is 0 Å². The maximum Gasteiger partial charge on any atom is 0.128 e. The number of hydrogen-bond acceptors (Lipinski definition) is 3. The van der Waals surface area contributed by atoms with E-state index in [2.05, 4.69) is 17.2 Å². The maximum atomic E-state index is 5.94. The summed E-state index contributed by atoms with van der Waals surface area (Å²) < 4.78 is 0. The number of anilines is 1. The highest BCUT2D eigenvalue weighted by Gasteiger charge is 2.15. The second-order valence-electron chi connectivity index (χ2n) is 4.02. The normalized spacial score (nSPS) is 12.3. The number of benzene rings is 1. The minimum absolute atomic E-state index is 0.0426. The molecule has 0 saturated heterocycles. The molecule has 0 saturated carbocycles. The molecule has 2 aromatic rings. The molecule has 1 heterocycles. The standard InChI is InChI=1S/C14H16ClN3/c1-2-17-13(10-5-7-11(15)8-6-10)12-4-3-9-18-14(12)16/h3-9,13,17H,2H2,1H3,(H2,16,18). The van der Waals surface area contributed by atoms with Crippen LogP contribution in [-0.4, -0.2) is 11.5 Å². The molecule has 1 atom stereocenters. The number of hydrogen-bond donors (Lipinski definition) is 2. The zero-order chi connectivity index (χ0) is 13.0. The highest BCUT2D eigenvalue weighted by atomic mass is 35.5. The van der Waals surface area contributed by atoms with E-state index in [1.54, 1.807) is 6.20 Å². The fraction of sp³-hybridized carbons (Fsp3) is 0.214. The zero-order valence-corrected chi connectivity index (χ0v) is 11.0. The molecule has 3 N–H and O–H groups in total. The van der Waals surface area contributed by atoms with Crippen molar-refractivity contribution in [2.24, 2.45) is 0 Å². The molecule has 2 rings (SSSR count). The minimum Gasteiger partial charge on any atom is -0.383 e. The van der Waals surface area contributed by atoms with Gasteiger partial charge in [0, 0.05) is 16.8 Å². The molecule has 1 aromatic heterocycles. The van der Waals surface area contributed by atoms with Gasteiger partial charge in [-0.1, -0.05) is 36.7 Å². The topological polar surface area (TPSA) is 50.9 Å². The van der Waals surface area contributed by atoms with Crippen molar-refractivity contribution >= 4 is 17.4 Å². The van der Waals surface area contributed by atoms with Gasteiger partial charge in [-0.2, -0.15) is 0 Å². The van der Waals surface area contributed by atoms with Crippen LogP contribution in [0.2, 0.25) is 5.02 Å². The number of nitrogens with two attached hydrogens (primary N) is 1. The Kier molecular flexibility index (Phi) is 4.18. The van der Waals surface area contributed by atoms with Crippen LogP contribution in [0.3, 0.4) is 0 Å². The monoisotopic (exact) mass is 261 g/mol. The molecule has 0 aliphatic rings. The van der Waals surface area contributed by atoms with E-state index in [0.717, 1.165) is 22.7 Å². The van der Waals surface area contributed by atoms with Crippen LogP contribution in [0.25, 0.3) is 0 Å². The third-order valence-electron chi connectivity index (χ3n) is 2.79. The van der Waals surface area contributed by atoms with Crippen LogP contribution in [0, 0.1) is 0 Å². The number of nitrogens with one attached hydrogen (secondary N) is 1. The molecule has 0 radical (unpaired) electrons. The van der Waals surface area contributed by atoms with Crippen molar-refractivity contribution in [3.8, 4) is 0 Å². The number of pyridine rings is 1. The quantitative estimate of drug-likeness (QED) is 0.890. The Labute approximate surface area is 112 Å². The van der Waals surface area contributed by atoms with E-state index in [1.807, 2.05) is 36.4 Å². The second-order valence-corrected chi connectivity index (χ2v) is 4.46. The van der Waals surface area contributed by atoms with Crippen LogP contribution in [0.4, 0.5) is 5.82 Å². The van der Waals surface area contributed by atoms with Crippen molar-refractivity contribution in [2.75, 3.05) is 12.3 Å². The Bertz CT molecular complexity index is 511. The number of nitrogens with zero attached hydrogens (tertiary/aromatic N) is 1. The van der Waals surface area contributed by atoms with Crippen LogP contribution in [0.15, 0.2) is 42.6 Å². The lowest BCUT2D eigenvalue weighted by molar-refractivity contribution is 0.630. The predicted octanol–water partition coefficient (Wildman–Crippen LogP) is 3.02. The minimum atomic E-state index is 0.0426. The van der Waals surface area contributed by atoms with Gasteiger partial charge in [-0.25, -0.2) is 4.98 Å². The molecular formula is C14H16ClN3. The lowest BCUT2D eigenvalue weighted by Crippen LogP contribution is -2.23. The van der Waals surface area contributed by atoms with E-state index in [4.69, 9.17) is 17.3 Å². The molecule has 4 heteroatoms. The first-order valence-corrected chi connectivity index (χ1v) is 6.29. The van der Waals surface area contributed by atoms with Gasteiger partial charge in [0.25, 0.3) is 0 Å². The SMILES string of the molecule is CCNC(c1ccc(Cl)cc1)c1cccnc1N. The van der Waals surface area contributed by atoms with Crippen molar-refractivity contribution in [3.05, 3.63) is 58.7 Å². The van der Waals surface area contributed by atoms with Crippen molar-refractivity contribution in [2.45, 2.75) is 13.0 Å². The van der Waals surface area contributed by atoms with Crippen molar-refractivity contribution in [1.82, 2.24) is 10.3 Å².